The largest absolute Gasteiger partial charge is 0.329 e. The molecule has 0 aliphatic rings. The molecule has 0 saturated heterocycles. The summed E-state index contributed by atoms with van der Waals surface area (Å²) in [5.41, 5.74) is 6.00. The molecular formula is C15H34N2. The van der Waals surface area contributed by atoms with Gasteiger partial charge in [-0.15, -0.1) is 0 Å². The maximum Gasteiger partial charge on any atom is 0.0243 e. The molecule has 0 bridgehead atoms. The molecule has 2 nitrogen and oxygen atoms in total. The summed E-state index contributed by atoms with van der Waals surface area (Å²) in [6.45, 7) is 14.6. The summed E-state index contributed by atoms with van der Waals surface area (Å²) in [6, 6.07) is 0.570. The van der Waals surface area contributed by atoms with Gasteiger partial charge in [0.15, 0.2) is 0 Å². The minimum Gasteiger partial charge on any atom is -0.329 e. The van der Waals surface area contributed by atoms with Gasteiger partial charge in [0.25, 0.3) is 0 Å². The quantitative estimate of drug-likeness (QED) is 0.635. The van der Waals surface area contributed by atoms with Crippen LogP contribution in [-0.4, -0.2) is 30.6 Å². The van der Waals surface area contributed by atoms with Crippen LogP contribution in [-0.2, 0) is 0 Å². The molecule has 0 rings (SSSR count). The zero-order valence-corrected chi connectivity index (χ0v) is 12.7. The first-order valence-electron chi connectivity index (χ1n) is 7.58. The highest BCUT2D eigenvalue weighted by Crippen LogP contribution is 2.19. The van der Waals surface area contributed by atoms with Crippen molar-refractivity contribution in [1.29, 1.82) is 0 Å². The van der Waals surface area contributed by atoms with Gasteiger partial charge in [-0.2, -0.15) is 0 Å². The van der Waals surface area contributed by atoms with E-state index in [4.69, 9.17) is 5.73 Å². The Morgan fingerprint density at radius 3 is 2.00 bits per heavy atom. The van der Waals surface area contributed by atoms with E-state index in [2.05, 4.69) is 39.5 Å². The molecular weight excluding hydrogens is 208 g/mol. The van der Waals surface area contributed by atoms with Gasteiger partial charge < -0.3 is 5.73 Å². The standard InChI is InChI=1S/C15H34N2/c1-6-10-13(5)15(11-16)17(9-4)12-14(7-2)8-3/h13-15H,6-12,16H2,1-5H3. The van der Waals surface area contributed by atoms with Crippen LogP contribution in [0.4, 0.5) is 0 Å². The van der Waals surface area contributed by atoms with Gasteiger partial charge in [0.2, 0.25) is 0 Å². The second-order valence-corrected chi connectivity index (χ2v) is 5.34. The lowest BCUT2D eigenvalue weighted by atomic mass is 9.93. The van der Waals surface area contributed by atoms with Crippen LogP contribution in [0, 0.1) is 11.8 Å². The van der Waals surface area contributed by atoms with Gasteiger partial charge in [-0.3, -0.25) is 4.90 Å². The first-order chi connectivity index (χ1) is 8.14. The SMILES string of the molecule is CCCC(C)C(CN)N(CC)CC(CC)CC. The third-order valence-corrected chi connectivity index (χ3v) is 4.16. The summed E-state index contributed by atoms with van der Waals surface area (Å²) < 4.78 is 0. The highest BCUT2D eigenvalue weighted by atomic mass is 15.2. The molecule has 0 aromatic carbocycles. The Morgan fingerprint density at radius 2 is 1.65 bits per heavy atom. The van der Waals surface area contributed by atoms with E-state index in [1.807, 2.05) is 0 Å². The van der Waals surface area contributed by atoms with Crippen LogP contribution in [0.2, 0.25) is 0 Å². The Balaban J connectivity index is 4.46. The van der Waals surface area contributed by atoms with Crippen molar-refractivity contribution in [2.24, 2.45) is 17.6 Å². The molecule has 2 N–H and O–H groups in total. The van der Waals surface area contributed by atoms with E-state index in [0.717, 1.165) is 24.9 Å². The Hall–Kier alpha value is -0.0800. The molecule has 0 aliphatic carbocycles. The average molecular weight is 242 g/mol. The molecule has 104 valence electrons. The molecule has 2 unspecified atom stereocenters. The Labute approximate surface area is 109 Å². The van der Waals surface area contributed by atoms with Crippen LogP contribution in [0.5, 0.6) is 0 Å². The number of likely N-dealkylation sites (N-methyl/N-ethyl adjacent to an activating group) is 1. The Kier molecular flexibility index (Phi) is 9.85. The minimum absolute atomic E-state index is 0.570. The lowest BCUT2D eigenvalue weighted by molar-refractivity contribution is 0.129. The normalized spacial score (nSPS) is 15.5. The smallest absolute Gasteiger partial charge is 0.0243 e. The van der Waals surface area contributed by atoms with Crippen molar-refractivity contribution < 1.29 is 0 Å². The lowest BCUT2D eigenvalue weighted by Gasteiger charge is -2.36. The molecule has 0 aliphatic heterocycles. The van der Waals surface area contributed by atoms with Crippen LogP contribution in [0.1, 0.15) is 60.3 Å². The van der Waals surface area contributed by atoms with Crippen molar-refractivity contribution in [3.63, 3.8) is 0 Å². The molecule has 0 aromatic rings. The van der Waals surface area contributed by atoms with E-state index in [0.29, 0.717) is 6.04 Å². The molecule has 0 radical (unpaired) electrons. The molecule has 0 aromatic heterocycles. The summed E-state index contributed by atoms with van der Waals surface area (Å²) in [5, 5.41) is 0. The predicted octanol–water partition coefficient (Wildman–Crippen LogP) is 3.51. The van der Waals surface area contributed by atoms with Crippen LogP contribution < -0.4 is 5.73 Å². The van der Waals surface area contributed by atoms with Crippen molar-refractivity contribution in [1.82, 2.24) is 4.90 Å². The monoisotopic (exact) mass is 242 g/mol. The molecule has 0 saturated carbocycles. The number of nitrogens with two attached hydrogens (primary N) is 1. The van der Waals surface area contributed by atoms with Gasteiger partial charge in [-0.05, 0) is 24.8 Å². The molecule has 17 heavy (non-hydrogen) atoms. The van der Waals surface area contributed by atoms with Crippen LogP contribution >= 0.6 is 0 Å². The van der Waals surface area contributed by atoms with Crippen LogP contribution in [0.25, 0.3) is 0 Å². The third kappa shape index (κ3) is 5.87. The van der Waals surface area contributed by atoms with Gasteiger partial charge in [0, 0.05) is 19.1 Å². The molecule has 0 spiro atoms. The molecule has 2 atom stereocenters. The highest BCUT2D eigenvalue weighted by Gasteiger charge is 2.23. The molecule has 0 heterocycles. The first-order valence-corrected chi connectivity index (χ1v) is 7.58. The van der Waals surface area contributed by atoms with Crippen molar-refractivity contribution in [3.05, 3.63) is 0 Å². The fraction of sp³-hybridized carbons (Fsp3) is 1.00. The summed E-state index contributed by atoms with van der Waals surface area (Å²) in [5.74, 6) is 1.55. The summed E-state index contributed by atoms with van der Waals surface area (Å²) in [7, 11) is 0. The Bertz CT molecular complexity index is 166. The summed E-state index contributed by atoms with van der Waals surface area (Å²) >= 11 is 0. The predicted molar refractivity (Wildman–Crippen MR) is 78.2 cm³/mol. The first kappa shape index (κ1) is 16.9. The minimum atomic E-state index is 0.570. The fourth-order valence-electron chi connectivity index (χ4n) is 2.77. The van der Waals surface area contributed by atoms with E-state index in [1.165, 1.54) is 32.2 Å². The van der Waals surface area contributed by atoms with E-state index < -0.39 is 0 Å². The van der Waals surface area contributed by atoms with E-state index >= 15 is 0 Å². The topological polar surface area (TPSA) is 29.3 Å². The number of hydrogen-bond acceptors (Lipinski definition) is 2. The van der Waals surface area contributed by atoms with Crippen molar-refractivity contribution in [3.8, 4) is 0 Å². The molecule has 0 amide bonds. The maximum atomic E-state index is 6.00. The van der Waals surface area contributed by atoms with Crippen molar-refractivity contribution >= 4 is 0 Å². The summed E-state index contributed by atoms with van der Waals surface area (Å²) in [6.07, 6.45) is 5.13. The average Bonchev–Trinajstić information content (AvgIpc) is 2.34. The van der Waals surface area contributed by atoms with Gasteiger partial charge in [-0.1, -0.05) is 53.9 Å². The number of rotatable bonds is 10. The van der Waals surface area contributed by atoms with E-state index in [1.54, 1.807) is 0 Å². The summed E-state index contributed by atoms with van der Waals surface area (Å²) in [4.78, 5) is 2.61. The highest BCUT2D eigenvalue weighted by molar-refractivity contribution is 4.78. The lowest BCUT2D eigenvalue weighted by Crippen LogP contribution is -2.46. The van der Waals surface area contributed by atoms with Crippen molar-refractivity contribution in [2.45, 2.75) is 66.3 Å². The van der Waals surface area contributed by atoms with Crippen LogP contribution in [0.3, 0.4) is 0 Å². The van der Waals surface area contributed by atoms with Gasteiger partial charge in [0.05, 0.1) is 0 Å². The zero-order valence-electron chi connectivity index (χ0n) is 12.7. The third-order valence-electron chi connectivity index (χ3n) is 4.16. The van der Waals surface area contributed by atoms with Gasteiger partial charge >= 0.3 is 0 Å². The van der Waals surface area contributed by atoms with E-state index in [9.17, 15) is 0 Å². The number of hydrogen-bond donors (Lipinski definition) is 1. The van der Waals surface area contributed by atoms with Gasteiger partial charge in [-0.25, -0.2) is 0 Å². The zero-order chi connectivity index (χ0) is 13.3. The van der Waals surface area contributed by atoms with Crippen LogP contribution in [0.15, 0.2) is 0 Å². The fourth-order valence-corrected chi connectivity index (χ4v) is 2.77. The maximum absolute atomic E-state index is 6.00. The second-order valence-electron chi connectivity index (χ2n) is 5.34. The van der Waals surface area contributed by atoms with Crippen molar-refractivity contribution in [2.75, 3.05) is 19.6 Å². The second kappa shape index (κ2) is 9.90. The van der Waals surface area contributed by atoms with E-state index in [-0.39, 0.29) is 0 Å². The molecule has 0 fully saturated rings. The van der Waals surface area contributed by atoms with Gasteiger partial charge in [0.1, 0.15) is 0 Å². The molecule has 2 heteroatoms. The Morgan fingerprint density at radius 1 is 1.06 bits per heavy atom. The number of nitrogens with zero attached hydrogens (tertiary/aromatic N) is 1.